The molecule has 31 heavy (non-hydrogen) atoms. The summed E-state index contributed by atoms with van der Waals surface area (Å²) in [5.74, 6) is -3.38. The fraction of sp³-hybridized carbons (Fsp3) is 0.300. The van der Waals surface area contributed by atoms with E-state index in [1.807, 2.05) is 4.90 Å². The van der Waals surface area contributed by atoms with Crippen molar-refractivity contribution in [3.05, 3.63) is 54.2 Å². The van der Waals surface area contributed by atoms with Crippen LogP contribution in [0.15, 0.2) is 47.1 Å². The largest absolute Gasteiger partial charge is 0.484 e. The number of rotatable bonds is 6. The Bertz CT molecular complexity index is 878. The highest BCUT2D eigenvalue weighted by molar-refractivity contribution is 6.27. The van der Waals surface area contributed by atoms with Crippen molar-refractivity contribution >= 4 is 23.6 Å². The van der Waals surface area contributed by atoms with E-state index >= 15 is 0 Å². The number of aliphatic carboxylic acids is 2. The van der Waals surface area contributed by atoms with Gasteiger partial charge in [-0.15, -0.1) is 0 Å². The molecule has 0 unspecified atom stereocenters. The van der Waals surface area contributed by atoms with Crippen LogP contribution in [-0.2, 0) is 14.4 Å². The number of nitrogens with zero attached hydrogens (tertiary/aromatic N) is 2. The number of hydrogen-bond donors (Lipinski definition) is 2. The second kappa shape index (κ2) is 11.5. The Hall–Kier alpha value is -3.73. The average molecular weight is 436 g/mol. The highest BCUT2D eigenvalue weighted by Gasteiger charge is 2.23. The number of furan rings is 1. The summed E-state index contributed by atoms with van der Waals surface area (Å²) in [5.41, 5.74) is 0. The van der Waals surface area contributed by atoms with Crippen LogP contribution in [0.2, 0.25) is 0 Å². The quantitative estimate of drug-likeness (QED) is 0.501. The standard InChI is InChI=1S/C18H19FN2O4.C2H2O4/c19-14-3-5-15(6-4-14)25-13-18(23)21-9-7-20(8-10-21)12-16(22)17-2-1-11-24-17;3-1(4)2(5)6/h1-6,11H,7-10,12-13H2;(H,3,4)(H,5,6). The molecule has 2 heterocycles. The number of carbonyl (C=O) groups is 4. The maximum atomic E-state index is 12.8. The van der Waals surface area contributed by atoms with Crippen molar-refractivity contribution in [1.29, 1.82) is 0 Å². The molecule has 1 aromatic carbocycles. The van der Waals surface area contributed by atoms with E-state index in [2.05, 4.69) is 0 Å². The third-order valence-corrected chi connectivity index (χ3v) is 4.25. The predicted octanol–water partition coefficient (Wildman–Crippen LogP) is 0.980. The van der Waals surface area contributed by atoms with Gasteiger partial charge in [-0.25, -0.2) is 14.0 Å². The summed E-state index contributed by atoms with van der Waals surface area (Å²) in [5, 5.41) is 14.8. The zero-order valence-electron chi connectivity index (χ0n) is 16.4. The van der Waals surface area contributed by atoms with Crippen LogP contribution < -0.4 is 4.74 Å². The smallest absolute Gasteiger partial charge is 0.414 e. The molecule has 0 spiro atoms. The molecule has 0 saturated carbocycles. The highest BCUT2D eigenvalue weighted by Crippen LogP contribution is 2.12. The van der Waals surface area contributed by atoms with Crippen LogP contribution in [0.3, 0.4) is 0 Å². The lowest BCUT2D eigenvalue weighted by atomic mass is 10.2. The minimum absolute atomic E-state index is 0.0654. The SMILES string of the molecule is O=C(CN1CCN(C(=O)COc2ccc(F)cc2)CC1)c1ccco1.O=C(O)C(=O)O. The first kappa shape index (κ1) is 23.5. The predicted molar refractivity (Wildman–Crippen MR) is 103 cm³/mol. The monoisotopic (exact) mass is 436 g/mol. The molecule has 2 aromatic rings. The number of Topliss-reactive ketones (excluding diaryl/α,β-unsaturated/α-hetero) is 1. The summed E-state index contributed by atoms with van der Waals surface area (Å²) in [7, 11) is 0. The number of carboxylic acids is 2. The Morgan fingerprint density at radius 3 is 2.10 bits per heavy atom. The maximum absolute atomic E-state index is 12.8. The summed E-state index contributed by atoms with van der Waals surface area (Å²) < 4.78 is 23.3. The van der Waals surface area contributed by atoms with E-state index in [-0.39, 0.29) is 30.7 Å². The molecule has 1 aromatic heterocycles. The van der Waals surface area contributed by atoms with E-state index in [4.69, 9.17) is 29.0 Å². The van der Waals surface area contributed by atoms with Gasteiger partial charge in [0.15, 0.2) is 12.4 Å². The van der Waals surface area contributed by atoms with Crippen LogP contribution in [0.5, 0.6) is 5.75 Å². The molecule has 2 N–H and O–H groups in total. The minimum Gasteiger partial charge on any atom is -0.484 e. The van der Waals surface area contributed by atoms with Gasteiger partial charge in [0, 0.05) is 26.2 Å². The van der Waals surface area contributed by atoms with Gasteiger partial charge >= 0.3 is 11.9 Å². The van der Waals surface area contributed by atoms with E-state index in [9.17, 15) is 14.0 Å². The maximum Gasteiger partial charge on any atom is 0.414 e. The Morgan fingerprint density at radius 2 is 1.58 bits per heavy atom. The number of amides is 1. The fourth-order valence-electron chi connectivity index (χ4n) is 2.64. The fourth-order valence-corrected chi connectivity index (χ4v) is 2.64. The molecule has 3 rings (SSSR count). The lowest BCUT2D eigenvalue weighted by Gasteiger charge is -2.34. The minimum atomic E-state index is -1.82. The number of halogens is 1. The second-order valence-corrected chi connectivity index (χ2v) is 6.41. The van der Waals surface area contributed by atoms with E-state index in [1.54, 1.807) is 17.0 Å². The summed E-state index contributed by atoms with van der Waals surface area (Å²) in [6, 6.07) is 8.88. The number of ether oxygens (including phenoxy) is 1. The second-order valence-electron chi connectivity index (χ2n) is 6.41. The van der Waals surface area contributed by atoms with Gasteiger partial charge in [0.25, 0.3) is 5.91 Å². The topological polar surface area (TPSA) is 138 Å². The van der Waals surface area contributed by atoms with Crippen molar-refractivity contribution in [2.24, 2.45) is 0 Å². The summed E-state index contributed by atoms with van der Waals surface area (Å²) in [6.07, 6.45) is 1.48. The summed E-state index contributed by atoms with van der Waals surface area (Å²) >= 11 is 0. The number of piperazine rings is 1. The number of carboxylic acid groups (broad SMARTS) is 2. The van der Waals surface area contributed by atoms with Gasteiger partial charge in [-0.1, -0.05) is 0 Å². The summed E-state index contributed by atoms with van der Waals surface area (Å²) in [6.45, 7) is 2.51. The molecule has 1 aliphatic rings. The van der Waals surface area contributed by atoms with Crippen LogP contribution in [0.25, 0.3) is 0 Å². The van der Waals surface area contributed by atoms with Crippen LogP contribution in [-0.4, -0.2) is 83.0 Å². The van der Waals surface area contributed by atoms with Crippen LogP contribution >= 0.6 is 0 Å². The van der Waals surface area contributed by atoms with E-state index < -0.39 is 11.9 Å². The number of benzene rings is 1. The Labute approximate surface area is 176 Å². The number of carbonyl (C=O) groups excluding carboxylic acids is 2. The number of ketones is 1. The summed E-state index contributed by atoms with van der Waals surface area (Å²) in [4.78, 5) is 46.1. The highest BCUT2D eigenvalue weighted by atomic mass is 19.1. The van der Waals surface area contributed by atoms with Crippen molar-refractivity contribution in [3.63, 3.8) is 0 Å². The van der Waals surface area contributed by atoms with Gasteiger partial charge in [-0.3, -0.25) is 14.5 Å². The number of hydrogen-bond acceptors (Lipinski definition) is 7. The van der Waals surface area contributed by atoms with Crippen LogP contribution in [0.1, 0.15) is 10.6 Å². The van der Waals surface area contributed by atoms with Crippen molar-refractivity contribution in [3.8, 4) is 5.75 Å². The van der Waals surface area contributed by atoms with Gasteiger partial charge in [0.2, 0.25) is 5.78 Å². The third-order valence-electron chi connectivity index (χ3n) is 4.25. The molecule has 0 aliphatic carbocycles. The third kappa shape index (κ3) is 7.90. The van der Waals surface area contributed by atoms with Gasteiger partial charge in [-0.05, 0) is 36.4 Å². The molecule has 0 atom stereocenters. The Kier molecular flexibility index (Phi) is 8.70. The molecule has 1 saturated heterocycles. The van der Waals surface area contributed by atoms with Crippen molar-refractivity contribution in [2.75, 3.05) is 39.3 Å². The van der Waals surface area contributed by atoms with Gasteiger partial charge in [-0.2, -0.15) is 0 Å². The molecule has 1 fully saturated rings. The van der Waals surface area contributed by atoms with Crippen molar-refractivity contribution in [2.45, 2.75) is 0 Å². The van der Waals surface area contributed by atoms with E-state index in [0.717, 1.165) is 0 Å². The van der Waals surface area contributed by atoms with Gasteiger partial charge < -0.3 is 24.3 Å². The molecule has 10 nitrogen and oxygen atoms in total. The molecule has 0 bridgehead atoms. The molecule has 1 aliphatic heterocycles. The molecular weight excluding hydrogens is 415 g/mol. The zero-order chi connectivity index (χ0) is 22.8. The normalized spacial score (nSPS) is 13.6. The molecular formula is C20H21FN2O8. The van der Waals surface area contributed by atoms with E-state index in [1.165, 1.54) is 30.5 Å². The van der Waals surface area contributed by atoms with E-state index in [0.29, 0.717) is 37.7 Å². The van der Waals surface area contributed by atoms with Gasteiger partial charge in [0.05, 0.1) is 12.8 Å². The Balaban J connectivity index is 0.000000501. The molecule has 166 valence electrons. The first-order chi connectivity index (χ1) is 14.8. The zero-order valence-corrected chi connectivity index (χ0v) is 16.4. The van der Waals surface area contributed by atoms with Crippen molar-refractivity contribution < 1.29 is 42.9 Å². The Morgan fingerprint density at radius 1 is 0.968 bits per heavy atom. The average Bonchev–Trinajstić information content (AvgIpc) is 3.29. The van der Waals surface area contributed by atoms with Crippen LogP contribution in [0.4, 0.5) is 4.39 Å². The van der Waals surface area contributed by atoms with Crippen molar-refractivity contribution in [1.82, 2.24) is 9.80 Å². The molecule has 0 radical (unpaired) electrons. The van der Waals surface area contributed by atoms with Gasteiger partial charge in [0.1, 0.15) is 11.6 Å². The lowest BCUT2D eigenvalue weighted by molar-refractivity contribution is -0.159. The first-order valence-corrected chi connectivity index (χ1v) is 9.17. The lowest BCUT2D eigenvalue weighted by Crippen LogP contribution is -2.51. The molecule has 1 amide bonds. The molecule has 11 heteroatoms. The van der Waals surface area contributed by atoms with Crippen LogP contribution in [0, 0.1) is 5.82 Å². The first-order valence-electron chi connectivity index (χ1n) is 9.17.